The average molecular weight is 311 g/mol. The molecule has 1 aliphatic rings. The molecule has 1 unspecified atom stereocenters. The van der Waals surface area contributed by atoms with Crippen LogP contribution in [0.1, 0.15) is 25.5 Å². The van der Waals surface area contributed by atoms with E-state index in [1.165, 1.54) is 0 Å². The molecular formula is C10H15ClN2O3S2. The zero-order chi connectivity index (χ0) is 13.4. The summed E-state index contributed by atoms with van der Waals surface area (Å²) in [5.74, 6) is 0. The smallest absolute Gasteiger partial charge is 0.252 e. The second-order valence-corrected chi connectivity index (χ2v) is 8.11. The summed E-state index contributed by atoms with van der Waals surface area (Å²) in [6, 6.07) is 0. The molecule has 102 valence electrons. The van der Waals surface area contributed by atoms with Crippen molar-refractivity contribution in [3.63, 3.8) is 0 Å². The monoisotopic (exact) mass is 310 g/mol. The van der Waals surface area contributed by atoms with Crippen molar-refractivity contribution in [2.75, 3.05) is 13.2 Å². The maximum Gasteiger partial charge on any atom is 0.252 e. The summed E-state index contributed by atoms with van der Waals surface area (Å²) >= 11 is 6.68. The topological polar surface area (TPSA) is 68.3 Å². The molecule has 1 N–H and O–H groups in total. The Morgan fingerprint density at radius 2 is 2.33 bits per heavy atom. The lowest BCUT2D eigenvalue weighted by atomic mass is 10.0. The highest BCUT2D eigenvalue weighted by Gasteiger charge is 2.32. The van der Waals surface area contributed by atoms with E-state index in [0.717, 1.165) is 24.2 Å². The summed E-state index contributed by atoms with van der Waals surface area (Å²) in [6.07, 6.45) is 1.82. The molecule has 1 atom stereocenters. The van der Waals surface area contributed by atoms with Crippen molar-refractivity contribution in [3.05, 3.63) is 10.2 Å². The Hall–Kier alpha value is -0.210. The highest BCUT2D eigenvalue weighted by Crippen LogP contribution is 2.28. The van der Waals surface area contributed by atoms with Gasteiger partial charge in [-0.3, -0.25) is 0 Å². The fourth-order valence-electron chi connectivity index (χ4n) is 1.89. The maximum absolute atomic E-state index is 12.1. The first kappa shape index (κ1) is 14.2. The molecule has 8 heteroatoms. The van der Waals surface area contributed by atoms with Gasteiger partial charge in [-0.2, -0.15) is 0 Å². The van der Waals surface area contributed by atoms with Crippen LogP contribution in [0.3, 0.4) is 0 Å². The molecule has 1 aliphatic heterocycles. The SMILES string of the molecule is Cc1nc(Cl)sc1S(=O)(=O)NCC1(C)CCCO1. The fraction of sp³-hybridized carbons (Fsp3) is 0.700. The van der Waals surface area contributed by atoms with E-state index in [2.05, 4.69) is 9.71 Å². The van der Waals surface area contributed by atoms with Gasteiger partial charge in [-0.1, -0.05) is 22.9 Å². The predicted molar refractivity (Wildman–Crippen MR) is 70.6 cm³/mol. The molecule has 1 aromatic heterocycles. The minimum Gasteiger partial charge on any atom is -0.374 e. The summed E-state index contributed by atoms with van der Waals surface area (Å²) in [4.78, 5) is 3.91. The zero-order valence-electron chi connectivity index (χ0n) is 10.2. The molecule has 0 bridgehead atoms. The third-order valence-electron chi connectivity index (χ3n) is 2.91. The number of aromatic nitrogens is 1. The minimum absolute atomic E-state index is 0.175. The van der Waals surface area contributed by atoms with Crippen LogP contribution < -0.4 is 4.72 Å². The second kappa shape index (κ2) is 5.05. The van der Waals surface area contributed by atoms with Crippen LogP contribution >= 0.6 is 22.9 Å². The quantitative estimate of drug-likeness (QED) is 0.923. The summed E-state index contributed by atoms with van der Waals surface area (Å²) in [7, 11) is -3.55. The van der Waals surface area contributed by atoms with E-state index in [1.807, 2.05) is 6.92 Å². The van der Waals surface area contributed by atoms with Crippen LogP contribution in [0.5, 0.6) is 0 Å². The first-order chi connectivity index (χ1) is 8.32. The molecule has 1 aromatic rings. The Balaban J connectivity index is 2.10. The van der Waals surface area contributed by atoms with Crippen LogP contribution in [-0.4, -0.2) is 32.2 Å². The summed E-state index contributed by atoms with van der Waals surface area (Å²) in [5, 5.41) is 0. The second-order valence-electron chi connectivity index (χ2n) is 4.57. The lowest BCUT2D eigenvalue weighted by Crippen LogP contribution is -2.40. The number of hydrogen-bond donors (Lipinski definition) is 1. The van der Waals surface area contributed by atoms with E-state index in [-0.39, 0.29) is 15.2 Å². The normalized spacial score (nSPS) is 24.6. The van der Waals surface area contributed by atoms with E-state index in [1.54, 1.807) is 6.92 Å². The molecule has 0 amide bonds. The van der Waals surface area contributed by atoms with Crippen molar-refractivity contribution in [2.24, 2.45) is 0 Å². The van der Waals surface area contributed by atoms with Gasteiger partial charge in [-0.05, 0) is 26.7 Å². The third kappa shape index (κ3) is 3.03. The molecule has 18 heavy (non-hydrogen) atoms. The number of hydrogen-bond acceptors (Lipinski definition) is 5. The van der Waals surface area contributed by atoms with E-state index in [0.29, 0.717) is 12.3 Å². The van der Waals surface area contributed by atoms with Crippen molar-refractivity contribution in [3.8, 4) is 0 Å². The molecular weight excluding hydrogens is 296 g/mol. The van der Waals surface area contributed by atoms with E-state index in [4.69, 9.17) is 16.3 Å². The van der Waals surface area contributed by atoms with Gasteiger partial charge in [0.2, 0.25) is 0 Å². The lowest BCUT2D eigenvalue weighted by Gasteiger charge is -2.23. The maximum atomic E-state index is 12.1. The zero-order valence-corrected chi connectivity index (χ0v) is 12.6. The van der Waals surface area contributed by atoms with Gasteiger partial charge >= 0.3 is 0 Å². The number of ether oxygens (including phenoxy) is 1. The Labute approximate surface area is 116 Å². The molecule has 0 spiro atoms. The first-order valence-electron chi connectivity index (χ1n) is 5.59. The van der Waals surface area contributed by atoms with Gasteiger partial charge in [-0.25, -0.2) is 18.1 Å². The van der Waals surface area contributed by atoms with Crippen molar-refractivity contribution in [2.45, 2.75) is 36.5 Å². The first-order valence-corrected chi connectivity index (χ1v) is 8.27. The molecule has 0 radical (unpaired) electrons. The molecule has 2 rings (SSSR count). The van der Waals surface area contributed by atoms with Crippen molar-refractivity contribution < 1.29 is 13.2 Å². The molecule has 0 saturated carbocycles. The van der Waals surface area contributed by atoms with Gasteiger partial charge in [-0.15, -0.1) is 0 Å². The number of nitrogens with one attached hydrogen (secondary N) is 1. The van der Waals surface area contributed by atoms with Gasteiger partial charge in [0.05, 0.1) is 11.3 Å². The number of sulfonamides is 1. The number of thiazole rings is 1. The van der Waals surface area contributed by atoms with Gasteiger partial charge < -0.3 is 4.74 Å². The summed E-state index contributed by atoms with van der Waals surface area (Å²) in [6.45, 7) is 4.49. The van der Waals surface area contributed by atoms with Crippen LogP contribution in [0.15, 0.2) is 4.21 Å². The molecule has 0 aliphatic carbocycles. The van der Waals surface area contributed by atoms with Crippen molar-refractivity contribution in [1.29, 1.82) is 0 Å². The Morgan fingerprint density at radius 3 is 2.83 bits per heavy atom. The molecule has 2 heterocycles. The highest BCUT2D eigenvalue weighted by atomic mass is 35.5. The van der Waals surface area contributed by atoms with E-state index < -0.39 is 15.6 Å². The van der Waals surface area contributed by atoms with Gasteiger partial charge in [0, 0.05) is 13.2 Å². The van der Waals surface area contributed by atoms with Crippen LogP contribution in [0.2, 0.25) is 4.47 Å². The van der Waals surface area contributed by atoms with Crippen LogP contribution in [0.4, 0.5) is 0 Å². The lowest BCUT2D eigenvalue weighted by molar-refractivity contribution is 0.0250. The van der Waals surface area contributed by atoms with Gasteiger partial charge in [0.25, 0.3) is 10.0 Å². The molecule has 1 saturated heterocycles. The molecule has 0 aromatic carbocycles. The summed E-state index contributed by atoms with van der Waals surface area (Å²) < 4.78 is 32.7. The van der Waals surface area contributed by atoms with Crippen molar-refractivity contribution in [1.82, 2.24) is 9.71 Å². The number of halogens is 1. The number of nitrogens with zero attached hydrogens (tertiary/aromatic N) is 1. The van der Waals surface area contributed by atoms with Crippen LogP contribution in [-0.2, 0) is 14.8 Å². The standard InChI is InChI=1S/C10H15ClN2O3S2/c1-7-8(17-9(11)13-7)18(14,15)12-6-10(2)4-3-5-16-10/h12H,3-6H2,1-2H3. The highest BCUT2D eigenvalue weighted by molar-refractivity contribution is 7.91. The van der Waals surface area contributed by atoms with E-state index >= 15 is 0 Å². The third-order valence-corrected chi connectivity index (χ3v) is 6.18. The predicted octanol–water partition coefficient (Wildman–Crippen LogP) is 1.95. The fourth-order valence-corrected chi connectivity index (χ4v) is 4.83. The molecule has 5 nitrogen and oxygen atoms in total. The Bertz CT molecular complexity index is 535. The Morgan fingerprint density at radius 1 is 1.61 bits per heavy atom. The van der Waals surface area contributed by atoms with E-state index in [9.17, 15) is 8.42 Å². The minimum atomic E-state index is -3.55. The number of rotatable bonds is 4. The van der Waals surface area contributed by atoms with Crippen LogP contribution in [0.25, 0.3) is 0 Å². The number of aryl methyl sites for hydroxylation is 1. The van der Waals surface area contributed by atoms with Crippen LogP contribution in [0, 0.1) is 6.92 Å². The summed E-state index contributed by atoms with van der Waals surface area (Å²) in [5.41, 5.74) is 0.0186. The average Bonchev–Trinajstić information content (AvgIpc) is 2.84. The Kier molecular flexibility index (Phi) is 3.99. The molecule has 1 fully saturated rings. The van der Waals surface area contributed by atoms with Gasteiger partial charge in [0.15, 0.2) is 8.68 Å². The van der Waals surface area contributed by atoms with Gasteiger partial charge in [0.1, 0.15) is 0 Å². The van der Waals surface area contributed by atoms with Crippen molar-refractivity contribution >= 4 is 33.0 Å². The largest absolute Gasteiger partial charge is 0.374 e.